The van der Waals surface area contributed by atoms with Crippen LogP contribution in [0.2, 0.25) is 5.02 Å². The third-order valence-electron chi connectivity index (χ3n) is 5.51. The number of oxazole rings is 1. The lowest BCUT2D eigenvalue weighted by molar-refractivity contribution is 0.0440. The summed E-state index contributed by atoms with van der Waals surface area (Å²) in [5, 5.41) is 15.2. The van der Waals surface area contributed by atoms with Gasteiger partial charge in [-0.25, -0.2) is 23.3 Å². The van der Waals surface area contributed by atoms with E-state index in [2.05, 4.69) is 20.1 Å². The number of pyridine rings is 1. The lowest BCUT2D eigenvalue weighted by Crippen LogP contribution is -2.41. The third kappa shape index (κ3) is 3.57. The van der Waals surface area contributed by atoms with Crippen molar-refractivity contribution in [1.82, 2.24) is 29.5 Å². The van der Waals surface area contributed by atoms with Crippen LogP contribution in [0, 0.1) is 0 Å². The van der Waals surface area contributed by atoms with Crippen molar-refractivity contribution < 1.29 is 23.1 Å². The van der Waals surface area contributed by atoms with E-state index in [4.69, 9.17) is 16.0 Å². The van der Waals surface area contributed by atoms with E-state index >= 15 is 0 Å². The highest BCUT2D eigenvalue weighted by Crippen LogP contribution is 2.37. The molecule has 1 unspecified atom stereocenters. The number of aliphatic hydroxyl groups is 1. The summed E-state index contributed by atoms with van der Waals surface area (Å²) in [6.07, 6.45) is 0.593. The van der Waals surface area contributed by atoms with Gasteiger partial charge in [0.05, 0.1) is 28.3 Å². The number of carbonyl (C=O) groups excluding carboxylic acids is 1. The SMILES string of the molecule is CC(C)(O)c1nc(C(F)F)c(C(=O)N2CCc3[nH]cnc3C2c2cc3c(Cl)cccn3n2)o1. The van der Waals surface area contributed by atoms with Crippen molar-refractivity contribution in [3.63, 3.8) is 0 Å². The standard InChI is InChI=1S/C21H19ClF2N6O3/c1-21(2,32)20-27-15(18(23)24)17(33-20)19(31)29-7-5-11-14(26-9-25-11)16(29)12-8-13-10(22)4-3-6-30(13)28-12/h3-4,6,8-9,16,18,32H,5,7H2,1-2H3,(H,25,26). The number of halogens is 3. The van der Waals surface area contributed by atoms with E-state index in [1.54, 1.807) is 28.9 Å². The first kappa shape index (κ1) is 21.5. The van der Waals surface area contributed by atoms with Gasteiger partial charge < -0.3 is 19.4 Å². The number of fused-ring (bicyclic) bond motifs is 2. The molecule has 33 heavy (non-hydrogen) atoms. The number of amides is 1. The molecule has 5 heterocycles. The molecule has 1 aliphatic heterocycles. The van der Waals surface area contributed by atoms with E-state index in [1.165, 1.54) is 25.1 Å². The molecule has 2 N–H and O–H groups in total. The Morgan fingerprint density at radius 2 is 2.21 bits per heavy atom. The minimum absolute atomic E-state index is 0.196. The van der Waals surface area contributed by atoms with Crippen LogP contribution in [0.1, 0.15) is 65.5 Å². The summed E-state index contributed by atoms with van der Waals surface area (Å²) in [5.41, 5.74) is -0.00323. The maximum absolute atomic E-state index is 13.7. The fourth-order valence-electron chi connectivity index (χ4n) is 3.95. The molecule has 0 spiro atoms. The van der Waals surface area contributed by atoms with Crippen molar-refractivity contribution >= 4 is 23.0 Å². The second-order valence-electron chi connectivity index (χ2n) is 8.27. The average molecular weight is 477 g/mol. The number of hydrogen-bond acceptors (Lipinski definition) is 6. The monoisotopic (exact) mass is 476 g/mol. The summed E-state index contributed by atoms with van der Waals surface area (Å²) in [6.45, 7) is 2.87. The second kappa shape index (κ2) is 7.63. The molecule has 1 amide bonds. The molecule has 1 atom stereocenters. The lowest BCUT2D eigenvalue weighted by atomic mass is 9.99. The zero-order chi connectivity index (χ0) is 23.5. The largest absolute Gasteiger partial charge is 0.432 e. The van der Waals surface area contributed by atoms with Gasteiger partial charge in [0.15, 0.2) is 5.69 Å². The van der Waals surface area contributed by atoms with Crippen LogP contribution in [0.3, 0.4) is 0 Å². The van der Waals surface area contributed by atoms with Gasteiger partial charge in [0.2, 0.25) is 11.7 Å². The van der Waals surface area contributed by atoms with Crippen molar-refractivity contribution in [3.05, 3.63) is 70.2 Å². The van der Waals surface area contributed by atoms with Crippen LogP contribution >= 0.6 is 11.6 Å². The molecule has 4 aromatic rings. The summed E-state index contributed by atoms with van der Waals surface area (Å²) in [7, 11) is 0. The minimum Gasteiger partial charge on any atom is -0.432 e. The predicted molar refractivity (Wildman–Crippen MR) is 112 cm³/mol. The number of nitrogens with zero attached hydrogens (tertiary/aromatic N) is 5. The highest BCUT2D eigenvalue weighted by atomic mass is 35.5. The van der Waals surface area contributed by atoms with Gasteiger partial charge in [-0.05, 0) is 32.0 Å². The Labute approximate surface area is 191 Å². The van der Waals surface area contributed by atoms with E-state index < -0.39 is 35.4 Å². The Bertz CT molecular complexity index is 1360. The number of rotatable bonds is 4. The summed E-state index contributed by atoms with van der Waals surface area (Å²) < 4.78 is 34.4. The van der Waals surface area contributed by atoms with E-state index in [0.29, 0.717) is 28.3 Å². The van der Waals surface area contributed by atoms with E-state index in [9.17, 15) is 18.7 Å². The van der Waals surface area contributed by atoms with Crippen molar-refractivity contribution in [2.45, 2.75) is 38.3 Å². The second-order valence-corrected chi connectivity index (χ2v) is 8.67. The number of alkyl halides is 2. The topological polar surface area (TPSA) is 113 Å². The van der Waals surface area contributed by atoms with Crippen molar-refractivity contribution in [3.8, 4) is 0 Å². The molecular weight excluding hydrogens is 458 g/mol. The van der Waals surface area contributed by atoms with Crippen molar-refractivity contribution in [2.24, 2.45) is 0 Å². The van der Waals surface area contributed by atoms with Gasteiger partial charge in [-0.1, -0.05) is 11.6 Å². The first-order valence-corrected chi connectivity index (χ1v) is 10.5. The first-order chi connectivity index (χ1) is 15.6. The van der Waals surface area contributed by atoms with Crippen LogP contribution in [0.5, 0.6) is 0 Å². The van der Waals surface area contributed by atoms with Gasteiger partial charge in [0.1, 0.15) is 11.6 Å². The molecule has 172 valence electrons. The van der Waals surface area contributed by atoms with Gasteiger partial charge in [0.25, 0.3) is 12.3 Å². The molecule has 9 nitrogen and oxygen atoms in total. The smallest absolute Gasteiger partial charge is 0.292 e. The molecule has 1 aliphatic rings. The zero-order valence-corrected chi connectivity index (χ0v) is 18.3. The maximum atomic E-state index is 13.7. The Balaban J connectivity index is 1.63. The summed E-state index contributed by atoms with van der Waals surface area (Å²) in [4.78, 5) is 26.0. The van der Waals surface area contributed by atoms with Crippen LogP contribution in [0.15, 0.2) is 35.1 Å². The maximum Gasteiger partial charge on any atom is 0.292 e. The highest BCUT2D eigenvalue weighted by molar-refractivity contribution is 6.33. The van der Waals surface area contributed by atoms with Crippen molar-refractivity contribution in [2.75, 3.05) is 6.54 Å². The number of carbonyl (C=O) groups is 1. The lowest BCUT2D eigenvalue weighted by Gasteiger charge is -2.33. The Morgan fingerprint density at radius 1 is 1.42 bits per heavy atom. The summed E-state index contributed by atoms with van der Waals surface area (Å²) in [6, 6.07) is 4.41. The molecule has 12 heteroatoms. The van der Waals surface area contributed by atoms with Gasteiger partial charge in [-0.2, -0.15) is 5.10 Å². The average Bonchev–Trinajstić information content (AvgIpc) is 3.49. The molecule has 0 radical (unpaired) electrons. The van der Waals surface area contributed by atoms with Gasteiger partial charge >= 0.3 is 0 Å². The number of aromatic nitrogens is 5. The van der Waals surface area contributed by atoms with Gasteiger partial charge in [-0.3, -0.25) is 4.79 Å². The first-order valence-electron chi connectivity index (χ1n) is 10.1. The number of imidazole rings is 1. The Kier molecular flexibility index (Phi) is 4.98. The molecule has 0 bridgehead atoms. The highest BCUT2D eigenvalue weighted by Gasteiger charge is 2.40. The minimum atomic E-state index is -3.07. The molecule has 4 aromatic heterocycles. The van der Waals surface area contributed by atoms with Crippen LogP contribution in [-0.2, 0) is 12.0 Å². The quantitative estimate of drug-likeness (QED) is 0.465. The van der Waals surface area contributed by atoms with E-state index in [0.717, 1.165) is 5.69 Å². The van der Waals surface area contributed by atoms with E-state index in [-0.39, 0.29) is 12.4 Å². The van der Waals surface area contributed by atoms with E-state index in [1.807, 2.05) is 0 Å². The molecule has 0 aliphatic carbocycles. The number of nitrogens with one attached hydrogen (secondary N) is 1. The zero-order valence-electron chi connectivity index (χ0n) is 17.6. The summed E-state index contributed by atoms with van der Waals surface area (Å²) in [5.74, 6) is -1.78. The Hall–Kier alpha value is -3.31. The van der Waals surface area contributed by atoms with Crippen LogP contribution in [0.4, 0.5) is 8.78 Å². The molecule has 5 rings (SSSR count). The normalized spacial score (nSPS) is 16.6. The predicted octanol–water partition coefficient (Wildman–Crippen LogP) is 3.65. The fourth-order valence-corrected chi connectivity index (χ4v) is 4.17. The fraction of sp³-hybridized carbons (Fsp3) is 0.333. The Morgan fingerprint density at radius 3 is 2.91 bits per heavy atom. The third-order valence-corrected chi connectivity index (χ3v) is 5.83. The number of H-pyrrole nitrogens is 1. The summed E-state index contributed by atoms with van der Waals surface area (Å²) >= 11 is 6.29. The molecule has 0 aromatic carbocycles. The molecule has 0 saturated heterocycles. The molecule has 0 fully saturated rings. The van der Waals surface area contributed by atoms with Crippen molar-refractivity contribution in [1.29, 1.82) is 0 Å². The van der Waals surface area contributed by atoms with Gasteiger partial charge in [0, 0.05) is 24.9 Å². The number of aromatic amines is 1. The molecular formula is C21H19ClF2N6O3. The van der Waals surface area contributed by atoms with Gasteiger partial charge in [-0.15, -0.1) is 0 Å². The number of hydrogen-bond donors (Lipinski definition) is 2. The van der Waals surface area contributed by atoms with Crippen LogP contribution in [-0.4, -0.2) is 47.0 Å². The van der Waals surface area contributed by atoms with Crippen LogP contribution in [0.25, 0.3) is 5.52 Å². The molecule has 0 saturated carbocycles. The van der Waals surface area contributed by atoms with Crippen LogP contribution < -0.4 is 0 Å².